The second-order valence-corrected chi connectivity index (χ2v) is 6.38. The highest BCUT2D eigenvalue weighted by Crippen LogP contribution is 2.31. The first-order chi connectivity index (χ1) is 13.6. The summed E-state index contributed by atoms with van der Waals surface area (Å²) in [5, 5.41) is 3.32. The third kappa shape index (κ3) is 4.88. The van der Waals surface area contributed by atoms with Gasteiger partial charge >= 0.3 is 0 Å². The average molecular weight is 379 g/mol. The lowest BCUT2D eigenvalue weighted by Gasteiger charge is -2.20. The van der Waals surface area contributed by atoms with Crippen molar-refractivity contribution >= 4 is 17.3 Å². The van der Waals surface area contributed by atoms with Gasteiger partial charge in [0.1, 0.15) is 29.0 Å². The Bertz CT molecular complexity index is 918. The maximum atomic E-state index is 5.45. The minimum atomic E-state index is 0.684. The fourth-order valence-corrected chi connectivity index (χ4v) is 2.81. The number of nitrogens with zero attached hydrogens (tertiary/aromatic N) is 4. The number of hydrogen-bond acceptors (Lipinski definition) is 7. The summed E-state index contributed by atoms with van der Waals surface area (Å²) in [6.07, 6.45) is 4.54. The Morgan fingerprint density at radius 2 is 1.79 bits per heavy atom. The number of nitrogens with one attached hydrogen (secondary N) is 1. The third-order valence-electron chi connectivity index (χ3n) is 4.37. The van der Waals surface area contributed by atoms with E-state index in [1.165, 1.54) is 5.56 Å². The molecule has 0 aliphatic heterocycles. The minimum Gasteiger partial charge on any atom is -0.497 e. The van der Waals surface area contributed by atoms with Crippen LogP contribution in [0.1, 0.15) is 11.4 Å². The zero-order valence-electron chi connectivity index (χ0n) is 16.6. The Morgan fingerprint density at radius 3 is 2.50 bits per heavy atom. The molecule has 2 aromatic heterocycles. The van der Waals surface area contributed by atoms with E-state index in [1.807, 2.05) is 62.8 Å². The lowest BCUT2D eigenvalue weighted by Crippen LogP contribution is -2.22. The van der Waals surface area contributed by atoms with E-state index < -0.39 is 0 Å². The normalized spacial score (nSPS) is 10.4. The molecule has 1 N–H and O–H groups in total. The van der Waals surface area contributed by atoms with Gasteiger partial charge in [-0.1, -0.05) is 0 Å². The van der Waals surface area contributed by atoms with Crippen LogP contribution < -0.4 is 19.7 Å². The molecule has 0 bridgehead atoms. The van der Waals surface area contributed by atoms with Crippen molar-refractivity contribution in [1.29, 1.82) is 0 Å². The van der Waals surface area contributed by atoms with E-state index in [0.717, 1.165) is 30.2 Å². The van der Waals surface area contributed by atoms with Crippen molar-refractivity contribution < 1.29 is 9.47 Å². The molecule has 0 amide bonds. The second kappa shape index (κ2) is 9.03. The molecule has 0 fully saturated rings. The quantitative estimate of drug-likeness (QED) is 0.641. The summed E-state index contributed by atoms with van der Waals surface area (Å²) in [5.41, 5.74) is 2.06. The molecule has 2 heterocycles. The number of anilines is 3. The first-order valence-corrected chi connectivity index (χ1v) is 9.04. The molecule has 0 saturated heterocycles. The Kier molecular flexibility index (Phi) is 6.26. The molecule has 3 rings (SSSR count). The van der Waals surface area contributed by atoms with E-state index in [2.05, 4.69) is 25.2 Å². The van der Waals surface area contributed by atoms with E-state index in [4.69, 9.17) is 9.47 Å². The van der Waals surface area contributed by atoms with Crippen molar-refractivity contribution in [3.8, 4) is 11.5 Å². The zero-order chi connectivity index (χ0) is 19.9. The van der Waals surface area contributed by atoms with Gasteiger partial charge in [0.15, 0.2) is 0 Å². The van der Waals surface area contributed by atoms with Gasteiger partial charge in [-0.25, -0.2) is 9.97 Å². The first kappa shape index (κ1) is 19.4. The van der Waals surface area contributed by atoms with Gasteiger partial charge in [-0.2, -0.15) is 0 Å². The van der Waals surface area contributed by atoms with Crippen molar-refractivity contribution in [3.05, 3.63) is 60.2 Å². The van der Waals surface area contributed by atoms with Gasteiger partial charge in [0.05, 0.1) is 19.9 Å². The summed E-state index contributed by atoms with van der Waals surface area (Å²) >= 11 is 0. The molecule has 3 aromatic rings. The fraction of sp³-hybridized carbons (Fsp3) is 0.286. The average Bonchev–Trinajstić information content (AvgIpc) is 2.72. The van der Waals surface area contributed by atoms with Crippen LogP contribution in [0.15, 0.2) is 48.8 Å². The van der Waals surface area contributed by atoms with Gasteiger partial charge in [0, 0.05) is 38.1 Å². The van der Waals surface area contributed by atoms with Crippen LogP contribution in [0.5, 0.6) is 11.5 Å². The molecule has 7 heteroatoms. The molecular formula is C21H25N5O2. The standard InChI is InChI=1S/C21H25N5O2/c1-15-23-20(25-18-6-5-17(27-3)13-19(18)28-4)14-21(24-15)26(2)12-9-16-7-10-22-11-8-16/h5-8,10-11,13-14H,9,12H2,1-4H3,(H,23,24,25). The molecule has 7 nitrogen and oxygen atoms in total. The number of rotatable bonds is 8. The van der Waals surface area contributed by atoms with Crippen LogP contribution >= 0.6 is 0 Å². The number of ether oxygens (including phenoxy) is 2. The smallest absolute Gasteiger partial charge is 0.146 e. The Morgan fingerprint density at radius 1 is 1.00 bits per heavy atom. The summed E-state index contributed by atoms with van der Waals surface area (Å²) in [7, 11) is 5.29. The van der Waals surface area contributed by atoms with E-state index >= 15 is 0 Å². The summed E-state index contributed by atoms with van der Waals surface area (Å²) in [6, 6.07) is 11.6. The summed E-state index contributed by atoms with van der Waals surface area (Å²) < 4.78 is 10.7. The second-order valence-electron chi connectivity index (χ2n) is 6.38. The maximum absolute atomic E-state index is 5.45. The van der Waals surface area contributed by atoms with Crippen LogP contribution in [0.4, 0.5) is 17.3 Å². The summed E-state index contributed by atoms with van der Waals surface area (Å²) in [5.74, 6) is 3.68. The number of aryl methyl sites for hydroxylation is 1. The summed E-state index contributed by atoms with van der Waals surface area (Å²) in [6.45, 7) is 2.72. The number of hydrogen-bond donors (Lipinski definition) is 1. The van der Waals surface area contributed by atoms with E-state index in [9.17, 15) is 0 Å². The Labute approximate surface area is 165 Å². The monoisotopic (exact) mass is 379 g/mol. The van der Waals surface area contributed by atoms with Crippen LogP contribution in [-0.4, -0.2) is 42.8 Å². The van der Waals surface area contributed by atoms with Gasteiger partial charge in [0.2, 0.25) is 0 Å². The SMILES string of the molecule is COc1ccc(Nc2cc(N(C)CCc3ccncc3)nc(C)n2)c(OC)c1. The molecule has 28 heavy (non-hydrogen) atoms. The summed E-state index contributed by atoms with van der Waals surface area (Å²) in [4.78, 5) is 15.2. The van der Waals surface area contributed by atoms with Gasteiger partial charge in [0.25, 0.3) is 0 Å². The lowest BCUT2D eigenvalue weighted by molar-refractivity contribution is 0.395. The Hall–Kier alpha value is -3.35. The molecule has 0 unspecified atom stereocenters. The van der Waals surface area contributed by atoms with Crippen LogP contribution in [0.3, 0.4) is 0 Å². The van der Waals surface area contributed by atoms with E-state index in [1.54, 1.807) is 14.2 Å². The minimum absolute atomic E-state index is 0.684. The molecule has 0 spiro atoms. The molecule has 0 saturated carbocycles. The number of benzene rings is 1. The van der Waals surface area contributed by atoms with Crippen molar-refractivity contribution in [1.82, 2.24) is 15.0 Å². The predicted octanol–water partition coefficient (Wildman–Crippen LogP) is 3.62. The van der Waals surface area contributed by atoms with Crippen LogP contribution in [0, 0.1) is 6.92 Å². The molecule has 0 atom stereocenters. The lowest BCUT2D eigenvalue weighted by atomic mass is 10.2. The van der Waals surface area contributed by atoms with Gasteiger partial charge in [-0.05, 0) is 43.2 Å². The molecular weight excluding hydrogens is 354 g/mol. The number of aromatic nitrogens is 3. The zero-order valence-corrected chi connectivity index (χ0v) is 16.6. The van der Waals surface area contributed by atoms with Crippen molar-refractivity contribution in [2.24, 2.45) is 0 Å². The topological polar surface area (TPSA) is 72.4 Å². The highest BCUT2D eigenvalue weighted by atomic mass is 16.5. The van der Waals surface area contributed by atoms with Crippen LogP contribution in [0.2, 0.25) is 0 Å². The predicted molar refractivity (Wildman–Crippen MR) is 111 cm³/mol. The number of pyridine rings is 1. The molecule has 1 aromatic carbocycles. The van der Waals surface area contributed by atoms with E-state index in [0.29, 0.717) is 17.4 Å². The maximum Gasteiger partial charge on any atom is 0.146 e. The van der Waals surface area contributed by atoms with E-state index in [-0.39, 0.29) is 0 Å². The first-order valence-electron chi connectivity index (χ1n) is 9.04. The van der Waals surface area contributed by atoms with Crippen LogP contribution in [-0.2, 0) is 6.42 Å². The van der Waals surface area contributed by atoms with Gasteiger partial charge < -0.3 is 19.7 Å². The van der Waals surface area contributed by atoms with Crippen molar-refractivity contribution in [3.63, 3.8) is 0 Å². The largest absolute Gasteiger partial charge is 0.497 e. The molecule has 0 radical (unpaired) electrons. The Balaban J connectivity index is 1.76. The van der Waals surface area contributed by atoms with Gasteiger partial charge in [-0.3, -0.25) is 4.98 Å². The fourth-order valence-electron chi connectivity index (χ4n) is 2.81. The number of methoxy groups -OCH3 is 2. The highest BCUT2D eigenvalue weighted by molar-refractivity contribution is 5.67. The van der Waals surface area contributed by atoms with Crippen molar-refractivity contribution in [2.75, 3.05) is 38.0 Å². The van der Waals surface area contributed by atoms with Crippen LogP contribution in [0.25, 0.3) is 0 Å². The molecule has 0 aliphatic rings. The third-order valence-corrected chi connectivity index (χ3v) is 4.37. The molecule has 0 aliphatic carbocycles. The molecule has 146 valence electrons. The highest BCUT2D eigenvalue weighted by Gasteiger charge is 2.10. The van der Waals surface area contributed by atoms with Crippen molar-refractivity contribution in [2.45, 2.75) is 13.3 Å². The van der Waals surface area contributed by atoms with Gasteiger partial charge in [-0.15, -0.1) is 0 Å². The number of likely N-dealkylation sites (N-methyl/N-ethyl adjacent to an activating group) is 1.